The molecule has 1 heterocycles. The fourth-order valence-electron chi connectivity index (χ4n) is 1.89. The maximum absolute atomic E-state index is 11.8. The second-order valence-corrected chi connectivity index (χ2v) is 5.34. The predicted octanol–water partition coefficient (Wildman–Crippen LogP) is 3.34. The second-order valence-electron chi connectivity index (χ2n) is 5.34. The topological polar surface area (TPSA) is 26.3 Å². The van der Waals surface area contributed by atoms with Gasteiger partial charge in [0.2, 0.25) is 0 Å². The first-order valence-electron chi connectivity index (χ1n) is 5.79. The van der Waals surface area contributed by atoms with Gasteiger partial charge in [-0.3, -0.25) is 4.79 Å². The number of fused-ring (bicyclic) bond motifs is 1. The van der Waals surface area contributed by atoms with Gasteiger partial charge in [0.15, 0.2) is 5.78 Å². The van der Waals surface area contributed by atoms with E-state index in [1.165, 1.54) is 5.56 Å². The van der Waals surface area contributed by atoms with Gasteiger partial charge in [0.05, 0.1) is 12.2 Å². The molecule has 0 unspecified atom stereocenters. The normalized spacial score (nSPS) is 16.3. The van der Waals surface area contributed by atoms with Gasteiger partial charge in [-0.15, -0.1) is 0 Å². The molecule has 2 nitrogen and oxygen atoms in total. The number of ketones is 1. The molecule has 1 aliphatic heterocycles. The average Bonchev–Trinajstić information content (AvgIpc) is 2.39. The minimum atomic E-state index is 0.0910. The molecule has 0 radical (unpaired) electrons. The molecule has 16 heavy (non-hydrogen) atoms. The van der Waals surface area contributed by atoms with Crippen LogP contribution in [0.2, 0.25) is 0 Å². The fraction of sp³-hybridized carbons (Fsp3) is 0.500. The smallest absolute Gasteiger partial charge is 0.166 e. The molecule has 0 aromatic heterocycles. The highest BCUT2D eigenvalue weighted by atomic mass is 16.5. The molecular weight excluding hydrogens is 200 g/mol. The lowest BCUT2D eigenvalue weighted by Crippen LogP contribution is -2.12. The van der Waals surface area contributed by atoms with Crippen LogP contribution in [0.1, 0.15) is 49.5 Å². The van der Waals surface area contributed by atoms with Gasteiger partial charge in [0.1, 0.15) is 5.75 Å². The van der Waals surface area contributed by atoms with E-state index in [4.69, 9.17) is 4.74 Å². The Morgan fingerprint density at radius 3 is 2.69 bits per heavy atom. The number of hydrogen-bond acceptors (Lipinski definition) is 2. The Balaban J connectivity index is 2.45. The highest BCUT2D eigenvalue weighted by Gasteiger charge is 2.20. The zero-order chi connectivity index (χ0) is 11.8. The van der Waals surface area contributed by atoms with Gasteiger partial charge in [-0.2, -0.15) is 0 Å². The van der Waals surface area contributed by atoms with E-state index < -0.39 is 0 Å². The minimum Gasteiger partial charge on any atom is -0.493 e. The van der Waals surface area contributed by atoms with Crippen LogP contribution < -0.4 is 4.74 Å². The van der Waals surface area contributed by atoms with Gasteiger partial charge in [-0.05, 0) is 29.5 Å². The SMILES string of the molecule is CC(C)(C)c1ccc2c(c1)OCCCC2=O. The van der Waals surface area contributed by atoms with E-state index in [-0.39, 0.29) is 11.2 Å². The molecule has 2 heteroatoms. The lowest BCUT2D eigenvalue weighted by atomic mass is 9.86. The summed E-state index contributed by atoms with van der Waals surface area (Å²) in [5.74, 6) is 0.961. The standard InChI is InChI=1S/C14H18O2/c1-14(2,3)10-6-7-11-12(15)5-4-8-16-13(11)9-10/h6-7,9H,4-5,8H2,1-3H3. The molecule has 0 aliphatic carbocycles. The molecule has 0 atom stereocenters. The average molecular weight is 218 g/mol. The number of rotatable bonds is 0. The summed E-state index contributed by atoms with van der Waals surface area (Å²) in [6.07, 6.45) is 1.42. The molecule has 1 aromatic rings. The third-order valence-corrected chi connectivity index (χ3v) is 2.95. The van der Waals surface area contributed by atoms with Crippen LogP contribution in [0.5, 0.6) is 5.75 Å². The molecule has 1 aromatic carbocycles. The van der Waals surface area contributed by atoms with Crippen LogP contribution in [0.3, 0.4) is 0 Å². The summed E-state index contributed by atoms with van der Waals surface area (Å²) in [5.41, 5.74) is 2.04. The zero-order valence-corrected chi connectivity index (χ0v) is 10.2. The zero-order valence-electron chi connectivity index (χ0n) is 10.2. The van der Waals surface area contributed by atoms with Crippen LogP contribution >= 0.6 is 0 Å². The summed E-state index contributed by atoms with van der Waals surface area (Å²) in [5, 5.41) is 0. The van der Waals surface area contributed by atoms with Crippen molar-refractivity contribution in [1.82, 2.24) is 0 Å². The van der Waals surface area contributed by atoms with Crippen LogP contribution in [0.15, 0.2) is 18.2 Å². The molecule has 0 spiro atoms. The van der Waals surface area contributed by atoms with Crippen LogP contribution in [0.25, 0.3) is 0 Å². The first-order chi connectivity index (χ1) is 7.48. The molecular formula is C14H18O2. The number of ether oxygens (including phenoxy) is 1. The van der Waals surface area contributed by atoms with Crippen molar-refractivity contribution in [1.29, 1.82) is 0 Å². The summed E-state index contributed by atoms with van der Waals surface area (Å²) in [6.45, 7) is 7.13. The van der Waals surface area contributed by atoms with Crippen LogP contribution in [0.4, 0.5) is 0 Å². The van der Waals surface area contributed by atoms with Crippen LogP contribution in [-0.2, 0) is 5.41 Å². The Bertz CT molecular complexity index is 413. The van der Waals surface area contributed by atoms with Crippen molar-refractivity contribution in [3.05, 3.63) is 29.3 Å². The number of hydrogen-bond donors (Lipinski definition) is 0. The van der Waals surface area contributed by atoms with Gasteiger partial charge in [-0.25, -0.2) is 0 Å². The predicted molar refractivity (Wildman–Crippen MR) is 64.2 cm³/mol. The summed E-state index contributed by atoms with van der Waals surface area (Å²) < 4.78 is 5.63. The second kappa shape index (κ2) is 3.93. The Kier molecular flexibility index (Phi) is 2.75. The molecule has 0 bridgehead atoms. The Labute approximate surface area is 96.6 Å². The maximum atomic E-state index is 11.8. The Morgan fingerprint density at radius 1 is 1.25 bits per heavy atom. The van der Waals surface area contributed by atoms with Crippen molar-refractivity contribution < 1.29 is 9.53 Å². The summed E-state index contributed by atoms with van der Waals surface area (Å²) in [4.78, 5) is 11.8. The van der Waals surface area contributed by atoms with Crippen LogP contribution in [-0.4, -0.2) is 12.4 Å². The Hall–Kier alpha value is -1.31. The number of carbonyl (C=O) groups excluding carboxylic acids is 1. The lowest BCUT2D eigenvalue weighted by Gasteiger charge is -2.20. The fourth-order valence-corrected chi connectivity index (χ4v) is 1.89. The quantitative estimate of drug-likeness (QED) is 0.667. The summed E-state index contributed by atoms with van der Waals surface area (Å²) in [6, 6.07) is 5.95. The first kappa shape index (κ1) is 11.2. The molecule has 86 valence electrons. The largest absolute Gasteiger partial charge is 0.493 e. The summed E-state index contributed by atoms with van der Waals surface area (Å²) >= 11 is 0. The highest BCUT2D eigenvalue weighted by Crippen LogP contribution is 2.30. The van der Waals surface area contributed by atoms with Gasteiger partial charge in [0.25, 0.3) is 0 Å². The van der Waals surface area contributed by atoms with Crippen molar-refractivity contribution in [2.75, 3.05) is 6.61 Å². The monoisotopic (exact) mass is 218 g/mol. The molecule has 0 saturated heterocycles. The minimum absolute atomic E-state index is 0.0910. The van der Waals surface area contributed by atoms with E-state index >= 15 is 0 Å². The van der Waals surface area contributed by atoms with Crippen molar-refractivity contribution in [2.45, 2.75) is 39.0 Å². The van der Waals surface area contributed by atoms with Crippen molar-refractivity contribution >= 4 is 5.78 Å². The van der Waals surface area contributed by atoms with Crippen LogP contribution in [0, 0.1) is 0 Å². The van der Waals surface area contributed by atoms with E-state index in [2.05, 4.69) is 20.8 Å². The summed E-state index contributed by atoms with van der Waals surface area (Å²) in [7, 11) is 0. The molecule has 2 rings (SSSR count). The van der Waals surface area contributed by atoms with E-state index in [1.807, 2.05) is 18.2 Å². The molecule has 1 aliphatic rings. The number of Topliss-reactive ketones (excluding diaryl/α,β-unsaturated/α-hetero) is 1. The number of benzene rings is 1. The molecule has 0 amide bonds. The molecule has 0 fully saturated rings. The van der Waals surface area contributed by atoms with E-state index in [0.717, 1.165) is 17.7 Å². The van der Waals surface area contributed by atoms with E-state index in [0.29, 0.717) is 13.0 Å². The van der Waals surface area contributed by atoms with Gasteiger partial charge >= 0.3 is 0 Å². The molecule has 0 N–H and O–H groups in total. The van der Waals surface area contributed by atoms with Crippen molar-refractivity contribution in [3.63, 3.8) is 0 Å². The highest BCUT2D eigenvalue weighted by molar-refractivity contribution is 5.99. The molecule has 0 saturated carbocycles. The third kappa shape index (κ3) is 2.11. The third-order valence-electron chi connectivity index (χ3n) is 2.95. The van der Waals surface area contributed by atoms with E-state index in [1.54, 1.807) is 0 Å². The van der Waals surface area contributed by atoms with Gasteiger partial charge in [0, 0.05) is 6.42 Å². The maximum Gasteiger partial charge on any atom is 0.166 e. The number of carbonyl (C=O) groups is 1. The first-order valence-corrected chi connectivity index (χ1v) is 5.79. The Morgan fingerprint density at radius 2 is 2.00 bits per heavy atom. The van der Waals surface area contributed by atoms with Gasteiger partial charge < -0.3 is 4.74 Å². The van der Waals surface area contributed by atoms with Crippen molar-refractivity contribution in [2.24, 2.45) is 0 Å². The van der Waals surface area contributed by atoms with Gasteiger partial charge in [-0.1, -0.05) is 26.8 Å². The van der Waals surface area contributed by atoms with E-state index in [9.17, 15) is 4.79 Å². The van der Waals surface area contributed by atoms with Crippen molar-refractivity contribution in [3.8, 4) is 5.75 Å². The lowest BCUT2D eigenvalue weighted by molar-refractivity contribution is 0.0983.